The quantitative estimate of drug-likeness (QED) is 0.825. The molecule has 0 amide bonds. The predicted molar refractivity (Wildman–Crippen MR) is 77.0 cm³/mol. The van der Waals surface area contributed by atoms with Crippen LogP contribution in [-0.4, -0.2) is 15.0 Å². The molecule has 0 atom stereocenters. The van der Waals surface area contributed by atoms with E-state index >= 15 is 0 Å². The van der Waals surface area contributed by atoms with Crippen molar-refractivity contribution in [1.82, 2.24) is 9.97 Å². The van der Waals surface area contributed by atoms with Gasteiger partial charge in [-0.15, -0.1) is 0 Å². The zero-order valence-electron chi connectivity index (χ0n) is 10.1. The Bertz CT molecular complexity index is 568. The molecule has 0 saturated heterocycles. The molecule has 1 aromatic heterocycles. The minimum atomic E-state index is 0.236. The molecule has 0 aliphatic heterocycles. The van der Waals surface area contributed by atoms with Gasteiger partial charge in [-0.3, -0.25) is 0 Å². The van der Waals surface area contributed by atoms with Gasteiger partial charge in [0.15, 0.2) is 5.82 Å². The highest BCUT2D eigenvalue weighted by atomic mass is 32.1. The molecule has 0 saturated carbocycles. The first-order valence-electron chi connectivity index (χ1n) is 5.68. The van der Waals surface area contributed by atoms with Crippen molar-refractivity contribution < 1.29 is 0 Å². The lowest BCUT2D eigenvalue weighted by Crippen LogP contribution is -2.15. The van der Waals surface area contributed by atoms with Gasteiger partial charge >= 0.3 is 0 Å². The standard InChI is InChI=1S/C13H14N4S/c1-2-9-5-3-4-6-10(9)17-13-11(12(14)18)15-7-8-16-13/h3-8H,2H2,1H3,(H2,14,18)(H,16,17). The van der Waals surface area contributed by atoms with Crippen molar-refractivity contribution in [3.63, 3.8) is 0 Å². The van der Waals surface area contributed by atoms with Gasteiger partial charge in [-0.05, 0) is 18.1 Å². The summed E-state index contributed by atoms with van der Waals surface area (Å²) in [6.07, 6.45) is 4.12. The molecule has 1 heterocycles. The number of hydrogen-bond donors (Lipinski definition) is 2. The van der Waals surface area contributed by atoms with Crippen LogP contribution in [-0.2, 0) is 6.42 Å². The number of benzene rings is 1. The topological polar surface area (TPSA) is 63.8 Å². The number of anilines is 2. The fraction of sp³-hybridized carbons (Fsp3) is 0.154. The van der Waals surface area contributed by atoms with E-state index in [1.54, 1.807) is 12.4 Å². The molecule has 0 aliphatic carbocycles. The van der Waals surface area contributed by atoms with Crippen LogP contribution in [0.1, 0.15) is 18.2 Å². The van der Waals surface area contributed by atoms with Gasteiger partial charge in [0.2, 0.25) is 0 Å². The third-order valence-corrected chi connectivity index (χ3v) is 2.78. The fourth-order valence-electron chi connectivity index (χ4n) is 1.69. The molecule has 0 bridgehead atoms. The van der Waals surface area contributed by atoms with Crippen LogP contribution in [0.15, 0.2) is 36.7 Å². The second-order valence-electron chi connectivity index (χ2n) is 3.75. The largest absolute Gasteiger partial charge is 0.388 e. The molecule has 92 valence electrons. The summed E-state index contributed by atoms with van der Waals surface area (Å²) in [7, 11) is 0. The number of nitrogens with zero attached hydrogens (tertiary/aromatic N) is 2. The minimum absolute atomic E-state index is 0.236. The van der Waals surface area contributed by atoms with Crippen molar-refractivity contribution in [2.24, 2.45) is 5.73 Å². The first kappa shape index (κ1) is 12.4. The highest BCUT2D eigenvalue weighted by Crippen LogP contribution is 2.21. The van der Waals surface area contributed by atoms with Gasteiger partial charge in [0.05, 0.1) is 0 Å². The van der Waals surface area contributed by atoms with E-state index in [2.05, 4.69) is 28.3 Å². The molecule has 18 heavy (non-hydrogen) atoms. The van der Waals surface area contributed by atoms with Gasteiger partial charge in [-0.1, -0.05) is 37.3 Å². The van der Waals surface area contributed by atoms with Crippen LogP contribution >= 0.6 is 12.2 Å². The second kappa shape index (κ2) is 5.55. The summed E-state index contributed by atoms with van der Waals surface area (Å²) in [4.78, 5) is 8.60. The van der Waals surface area contributed by atoms with Crippen LogP contribution < -0.4 is 11.1 Å². The minimum Gasteiger partial charge on any atom is -0.388 e. The highest BCUT2D eigenvalue weighted by Gasteiger charge is 2.09. The Morgan fingerprint density at radius 2 is 2.00 bits per heavy atom. The van der Waals surface area contributed by atoms with E-state index in [1.165, 1.54) is 5.56 Å². The zero-order chi connectivity index (χ0) is 13.0. The van der Waals surface area contributed by atoms with Crippen molar-refractivity contribution in [3.8, 4) is 0 Å². The van der Waals surface area contributed by atoms with Gasteiger partial charge in [-0.2, -0.15) is 0 Å². The van der Waals surface area contributed by atoms with Crippen LogP contribution in [0.4, 0.5) is 11.5 Å². The van der Waals surface area contributed by atoms with E-state index in [-0.39, 0.29) is 4.99 Å². The number of para-hydroxylation sites is 1. The smallest absolute Gasteiger partial charge is 0.159 e. The van der Waals surface area contributed by atoms with Crippen molar-refractivity contribution in [2.45, 2.75) is 13.3 Å². The van der Waals surface area contributed by atoms with Crippen LogP contribution in [0.25, 0.3) is 0 Å². The normalized spacial score (nSPS) is 10.1. The lowest BCUT2D eigenvalue weighted by molar-refractivity contribution is 1.13. The predicted octanol–water partition coefficient (Wildman–Crippen LogP) is 2.42. The summed E-state index contributed by atoms with van der Waals surface area (Å²) in [5, 5.41) is 3.23. The summed E-state index contributed by atoms with van der Waals surface area (Å²) in [6, 6.07) is 8.05. The van der Waals surface area contributed by atoms with Crippen molar-refractivity contribution in [2.75, 3.05) is 5.32 Å². The molecule has 5 heteroatoms. The molecule has 1 aromatic carbocycles. The van der Waals surface area contributed by atoms with E-state index in [9.17, 15) is 0 Å². The Morgan fingerprint density at radius 1 is 1.28 bits per heavy atom. The number of thiocarbonyl (C=S) groups is 1. The highest BCUT2D eigenvalue weighted by molar-refractivity contribution is 7.80. The monoisotopic (exact) mass is 258 g/mol. The Hall–Kier alpha value is -2.01. The maximum absolute atomic E-state index is 5.63. The van der Waals surface area contributed by atoms with Crippen molar-refractivity contribution in [3.05, 3.63) is 47.9 Å². The van der Waals surface area contributed by atoms with E-state index < -0.39 is 0 Å². The molecular weight excluding hydrogens is 244 g/mol. The van der Waals surface area contributed by atoms with Gasteiger partial charge in [0, 0.05) is 18.1 Å². The Balaban J connectivity index is 2.37. The van der Waals surface area contributed by atoms with E-state index in [0.29, 0.717) is 11.5 Å². The summed E-state index contributed by atoms with van der Waals surface area (Å²) in [5.74, 6) is 0.589. The maximum Gasteiger partial charge on any atom is 0.159 e. The Kier molecular flexibility index (Phi) is 3.84. The average Bonchev–Trinajstić information content (AvgIpc) is 2.40. The molecule has 3 N–H and O–H groups in total. The lowest BCUT2D eigenvalue weighted by Gasteiger charge is -2.12. The Morgan fingerprint density at radius 3 is 2.72 bits per heavy atom. The molecule has 2 rings (SSSR count). The number of nitrogens with two attached hydrogens (primary N) is 1. The fourth-order valence-corrected chi connectivity index (χ4v) is 1.84. The third kappa shape index (κ3) is 2.62. The summed E-state index contributed by atoms with van der Waals surface area (Å²) in [5.41, 5.74) is 8.34. The van der Waals surface area contributed by atoms with Crippen LogP contribution in [0.3, 0.4) is 0 Å². The molecule has 0 spiro atoms. The van der Waals surface area contributed by atoms with Gasteiger partial charge in [-0.25, -0.2) is 9.97 Å². The summed E-state index contributed by atoms with van der Waals surface area (Å²) < 4.78 is 0. The van der Waals surface area contributed by atoms with Crippen molar-refractivity contribution >= 4 is 28.7 Å². The van der Waals surface area contributed by atoms with Gasteiger partial charge in [0.1, 0.15) is 10.7 Å². The lowest BCUT2D eigenvalue weighted by atomic mass is 10.1. The second-order valence-corrected chi connectivity index (χ2v) is 4.19. The number of hydrogen-bond acceptors (Lipinski definition) is 4. The first-order valence-corrected chi connectivity index (χ1v) is 6.09. The zero-order valence-corrected chi connectivity index (χ0v) is 10.9. The van der Waals surface area contributed by atoms with Crippen molar-refractivity contribution in [1.29, 1.82) is 0 Å². The number of aryl methyl sites for hydroxylation is 1. The number of nitrogens with one attached hydrogen (secondary N) is 1. The van der Waals surface area contributed by atoms with Gasteiger partial charge < -0.3 is 11.1 Å². The Labute approximate surface area is 111 Å². The van der Waals surface area contributed by atoms with Crippen LogP contribution in [0.5, 0.6) is 0 Å². The third-order valence-electron chi connectivity index (χ3n) is 2.58. The molecule has 0 radical (unpaired) electrons. The number of aromatic nitrogens is 2. The molecule has 0 fully saturated rings. The van der Waals surface area contributed by atoms with E-state index in [1.807, 2.05) is 18.2 Å². The maximum atomic E-state index is 5.63. The molecule has 2 aromatic rings. The molecular formula is C13H14N4S. The van der Waals surface area contributed by atoms with Crippen LogP contribution in [0.2, 0.25) is 0 Å². The molecule has 0 aliphatic rings. The number of rotatable bonds is 4. The average molecular weight is 258 g/mol. The summed E-state index contributed by atoms with van der Waals surface area (Å²) >= 11 is 4.96. The summed E-state index contributed by atoms with van der Waals surface area (Å²) in [6.45, 7) is 2.10. The van der Waals surface area contributed by atoms with E-state index in [4.69, 9.17) is 18.0 Å². The SMILES string of the molecule is CCc1ccccc1Nc1nccnc1C(N)=S. The van der Waals surface area contributed by atoms with Gasteiger partial charge in [0.25, 0.3) is 0 Å². The molecule has 0 unspecified atom stereocenters. The van der Waals surface area contributed by atoms with E-state index in [0.717, 1.165) is 12.1 Å². The first-order chi connectivity index (χ1) is 8.72. The molecule has 4 nitrogen and oxygen atoms in total. The van der Waals surface area contributed by atoms with Crippen LogP contribution in [0, 0.1) is 0 Å².